The van der Waals surface area contributed by atoms with Crippen LogP contribution in [0.15, 0.2) is 18.2 Å². The maximum Gasteiger partial charge on any atom is 0.309 e. The number of ether oxygens (including phenoxy) is 1. The number of hydrogen-bond donors (Lipinski definition) is 1. The Morgan fingerprint density at radius 1 is 1.44 bits per heavy atom. The van der Waals surface area contributed by atoms with E-state index in [1.54, 1.807) is 0 Å². The molecule has 0 heterocycles. The molecule has 0 aliphatic carbocycles. The van der Waals surface area contributed by atoms with Crippen LogP contribution >= 0.6 is 0 Å². The topological polar surface area (TPSA) is 52.3 Å². The molecule has 0 aromatic heterocycles. The van der Waals surface area contributed by atoms with Gasteiger partial charge in [-0.15, -0.1) is 0 Å². The second-order valence-electron chi connectivity index (χ2n) is 3.08. The normalized spacial score (nSPS) is 10.7. The van der Waals surface area contributed by atoms with Gasteiger partial charge in [0.2, 0.25) is 0 Å². The molecule has 5 heteroatoms. The lowest BCUT2D eigenvalue weighted by Crippen LogP contribution is -1.97. The fourth-order valence-electron chi connectivity index (χ4n) is 1.07. The Morgan fingerprint density at radius 2 is 2.12 bits per heavy atom. The Balaban J connectivity index is 2.81. The van der Waals surface area contributed by atoms with Crippen molar-refractivity contribution >= 4 is 17.7 Å². The molecule has 0 saturated heterocycles. The largest absolute Gasteiger partial charge is 0.469 e. The number of nitrogens with two attached hydrogens (primary N) is 1. The van der Waals surface area contributed by atoms with Crippen molar-refractivity contribution < 1.29 is 18.3 Å². The minimum Gasteiger partial charge on any atom is -0.469 e. The summed E-state index contributed by atoms with van der Waals surface area (Å²) in [6, 6.07) is 1.87. The Labute approximate surface area is 91.5 Å². The molecule has 0 bridgehead atoms. The summed E-state index contributed by atoms with van der Waals surface area (Å²) < 4.78 is 30.6. The van der Waals surface area contributed by atoms with Crippen LogP contribution in [-0.2, 0) is 9.53 Å². The molecule has 3 nitrogen and oxygen atoms in total. The van der Waals surface area contributed by atoms with Crippen molar-refractivity contribution in [3.05, 3.63) is 35.4 Å². The molecular formula is C11H11F2NO2. The van der Waals surface area contributed by atoms with Gasteiger partial charge in [0.15, 0.2) is 0 Å². The van der Waals surface area contributed by atoms with E-state index in [1.165, 1.54) is 19.3 Å². The van der Waals surface area contributed by atoms with E-state index in [9.17, 15) is 13.6 Å². The molecule has 0 amide bonds. The fraction of sp³-hybridized carbons (Fsp3) is 0.182. The second-order valence-corrected chi connectivity index (χ2v) is 3.08. The zero-order valence-electron chi connectivity index (χ0n) is 8.67. The number of anilines is 1. The molecule has 0 saturated carbocycles. The molecule has 0 unspecified atom stereocenters. The van der Waals surface area contributed by atoms with Crippen LogP contribution in [0.5, 0.6) is 0 Å². The van der Waals surface area contributed by atoms with E-state index in [-0.39, 0.29) is 17.7 Å². The van der Waals surface area contributed by atoms with Gasteiger partial charge in [0.25, 0.3) is 0 Å². The highest BCUT2D eigenvalue weighted by atomic mass is 19.1. The van der Waals surface area contributed by atoms with Gasteiger partial charge in [-0.25, -0.2) is 8.78 Å². The number of methoxy groups -OCH3 is 1. The average molecular weight is 227 g/mol. The molecule has 0 radical (unpaired) electrons. The highest BCUT2D eigenvalue weighted by molar-refractivity contribution is 5.72. The smallest absolute Gasteiger partial charge is 0.309 e. The first-order chi connectivity index (χ1) is 7.54. The minimum absolute atomic E-state index is 0.00192. The van der Waals surface area contributed by atoms with E-state index in [1.807, 2.05) is 0 Å². The summed E-state index contributed by atoms with van der Waals surface area (Å²) in [5.41, 5.74) is 4.96. The lowest BCUT2D eigenvalue weighted by atomic mass is 10.1. The van der Waals surface area contributed by atoms with Crippen LogP contribution in [0.25, 0.3) is 6.08 Å². The number of halogens is 2. The van der Waals surface area contributed by atoms with Crippen LogP contribution in [0, 0.1) is 11.6 Å². The Morgan fingerprint density at radius 3 is 2.75 bits per heavy atom. The quantitative estimate of drug-likeness (QED) is 0.635. The highest BCUT2D eigenvalue weighted by Gasteiger charge is 2.05. The van der Waals surface area contributed by atoms with Gasteiger partial charge in [-0.1, -0.05) is 12.2 Å². The van der Waals surface area contributed by atoms with Gasteiger partial charge in [0.1, 0.15) is 11.6 Å². The predicted octanol–water partition coefficient (Wildman–Crippen LogP) is 2.12. The third-order valence-electron chi connectivity index (χ3n) is 1.93. The van der Waals surface area contributed by atoms with Crippen LogP contribution in [0.2, 0.25) is 0 Å². The van der Waals surface area contributed by atoms with Crippen molar-refractivity contribution in [1.82, 2.24) is 0 Å². The van der Waals surface area contributed by atoms with Gasteiger partial charge in [-0.2, -0.15) is 0 Å². The molecule has 1 aromatic carbocycles. The summed E-state index contributed by atoms with van der Waals surface area (Å²) in [5, 5.41) is 0. The van der Waals surface area contributed by atoms with Crippen LogP contribution in [0.4, 0.5) is 14.5 Å². The van der Waals surface area contributed by atoms with Gasteiger partial charge in [0, 0.05) is 11.6 Å². The summed E-state index contributed by atoms with van der Waals surface area (Å²) in [7, 11) is 1.25. The van der Waals surface area contributed by atoms with Gasteiger partial charge >= 0.3 is 5.97 Å². The van der Waals surface area contributed by atoms with Crippen LogP contribution in [0.3, 0.4) is 0 Å². The van der Waals surface area contributed by atoms with Crippen molar-refractivity contribution in [3.8, 4) is 0 Å². The van der Waals surface area contributed by atoms with E-state index in [2.05, 4.69) is 4.74 Å². The van der Waals surface area contributed by atoms with E-state index < -0.39 is 17.6 Å². The summed E-state index contributed by atoms with van der Waals surface area (Å²) >= 11 is 0. The Kier molecular flexibility index (Phi) is 3.99. The first kappa shape index (κ1) is 12.2. The van der Waals surface area contributed by atoms with E-state index in [0.717, 1.165) is 12.1 Å². The molecule has 2 N–H and O–H groups in total. The standard InChI is InChI=1S/C11H11F2NO2/c1-16-11(15)4-2-3-7-5-9(13)10(14)6-8(7)12/h2-3,5-6H,4,14H2,1H3. The highest BCUT2D eigenvalue weighted by Crippen LogP contribution is 2.17. The van der Waals surface area contributed by atoms with Gasteiger partial charge in [-0.05, 0) is 6.07 Å². The maximum absolute atomic E-state index is 13.2. The van der Waals surface area contributed by atoms with Crippen LogP contribution < -0.4 is 5.73 Å². The summed E-state index contributed by atoms with van der Waals surface area (Å²) in [5.74, 6) is -1.79. The third kappa shape index (κ3) is 3.05. The molecule has 16 heavy (non-hydrogen) atoms. The van der Waals surface area contributed by atoms with E-state index in [0.29, 0.717) is 0 Å². The molecule has 1 aromatic rings. The van der Waals surface area contributed by atoms with Crippen LogP contribution in [0.1, 0.15) is 12.0 Å². The Bertz CT molecular complexity index is 430. The molecule has 0 atom stereocenters. The van der Waals surface area contributed by atoms with E-state index in [4.69, 9.17) is 5.73 Å². The zero-order chi connectivity index (χ0) is 12.1. The zero-order valence-corrected chi connectivity index (χ0v) is 8.67. The molecule has 0 aliphatic heterocycles. The van der Waals surface area contributed by atoms with Crippen molar-refractivity contribution in [2.75, 3.05) is 12.8 Å². The molecule has 0 fully saturated rings. The molecular weight excluding hydrogens is 216 g/mol. The fourth-order valence-corrected chi connectivity index (χ4v) is 1.07. The van der Waals surface area contributed by atoms with Gasteiger partial charge in [-0.3, -0.25) is 4.79 Å². The number of esters is 1. The van der Waals surface area contributed by atoms with Gasteiger partial charge in [0.05, 0.1) is 19.2 Å². The Hall–Kier alpha value is -1.91. The van der Waals surface area contributed by atoms with Crippen LogP contribution in [-0.4, -0.2) is 13.1 Å². The number of nitrogen functional groups attached to an aromatic ring is 1. The summed E-state index contributed by atoms with van der Waals surface area (Å²) in [6.07, 6.45) is 2.69. The number of benzene rings is 1. The SMILES string of the molecule is COC(=O)CC=Cc1cc(F)c(N)cc1F. The number of carbonyl (C=O) groups excluding carboxylic acids is 1. The third-order valence-corrected chi connectivity index (χ3v) is 1.93. The first-order valence-electron chi connectivity index (χ1n) is 4.52. The van der Waals surface area contributed by atoms with E-state index >= 15 is 0 Å². The molecule has 1 rings (SSSR count). The second kappa shape index (κ2) is 5.25. The lowest BCUT2D eigenvalue weighted by molar-refractivity contribution is -0.139. The van der Waals surface area contributed by atoms with Gasteiger partial charge < -0.3 is 10.5 Å². The predicted molar refractivity (Wildman–Crippen MR) is 56.4 cm³/mol. The number of carbonyl (C=O) groups is 1. The molecule has 0 spiro atoms. The average Bonchev–Trinajstić information content (AvgIpc) is 2.25. The molecule has 86 valence electrons. The number of hydrogen-bond acceptors (Lipinski definition) is 3. The summed E-state index contributed by atoms with van der Waals surface area (Å²) in [6.45, 7) is 0. The van der Waals surface area contributed by atoms with Crippen molar-refractivity contribution in [1.29, 1.82) is 0 Å². The van der Waals surface area contributed by atoms with Crippen molar-refractivity contribution in [2.24, 2.45) is 0 Å². The summed E-state index contributed by atoms with van der Waals surface area (Å²) in [4.78, 5) is 10.7. The maximum atomic E-state index is 13.2. The van der Waals surface area contributed by atoms with Crippen molar-refractivity contribution in [3.63, 3.8) is 0 Å². The minimum atomic E-state index is -0.695. The van der Waals surface area contributed by atoms with Crippen molar-refractivity contribution in [2.45, 2.75) is 6.42 Å². The lowest BCUT2D eigenvalue weighted by Gasteiger charge is -2.00. The first-order valence-corrected chi connectivity index (χ1v) is 4.52. The monoisotopic (exact) mass is 227 g/mol. The number of rotatable bonds is 3. The molecule has 0 aliphatic rings.